The molecule has 0 nitrogen and oxygen atoms in total. The number of hydrogen-bond acceptors (Lipinski definition) is 2. The lowest BCUT2D eigenvalue weighted by molar-refractivity contribution is 1.70. The molecule has 0 saturated carbocycles. The molecule has 0 spiro atoms. The molecule has 4 heteroatoms. The zero-order valence-electron chi connectivity index (χ0n) is 6.03. The first-order chi connectivity index (χ1) is 5.86. The van der Waals surface area contributed by atoms with Crippen LogP contribution in [0.3, 0.4) is 0 Å². The summed E-state index contributed by atoms with van der Waals surface area (Å²) in [6.45, 7) is 0. The Morgan fingerprint density at radius 2 is 2.42 bits per heavy atom. The third-order valence-corrected chi connectivity index (χ3v) is 6.78. The van der Waals surface area contributed by atoms with E-state index in [1.165, 1.54) is 20.0 Å². The average molecular weight is 228 g/mol. The van der Waals surface area contributed by atoms with Crippen molar-refractivity contribution in [3.8, 4) is 0 Å². The van der Waals surface area contributed by atoms with Crippen molar-refractivity contribution < 1.29 is 0 Å². The molecule has 3 heterocycles. The monoisotopic (exact) mass is 228 g/mol. The zero-order valence-corrected chi connectivity index (χ0v) is 9.48. The van der Waals surface area contributed by atoms with Crippen LogP contribution in [0.4, 0.5) is 0 Å². The van der Waals surface area contributed by atoms with Gasteiger partial charge in [0.1, 0.15) is 0 Å². The van der Waals surface area contributed by atoms with E-state index < -0.39 is 0 Å². The Morgan fingerprint density at radius 3 is 3.33 bits per heavy atom. The number of hydrogen-bond donors (Lipinski definition) is 0. The first-order valence-electron chi connectivity index (χ1n) is 3.54. The predicted molar refractivity (Wildman–Crippen MR) is 63.4 cm³/mol. The summed E-state index contributed by atoms with van der Waals surface area (Å²) in [4.78, 5) is 1.45. The van der Waals surface area contributed by atoms with Gasteiger partial charge in [-0.25, -0.2) is 0 Å². The Morgan fingerprint density at radius 1 is 1.50 bits per heavy atom. The van der Waals surface area contributed by atoms with E-state index in [-0.39, 0.29) is 9.45 Å². The fraction of sp³-hybridized carbons (Fsp3) is 0. The average Bonchev–Trinajstić information content (AvgIpc) is 2.61. The molecular formula is C8H5PS3. The molecule has 0 saturated heterocycles. The van der Waals surface area contributed by atoms with Gasteiger partial charge in [-0.05, 0) is 34.1 Å². The Hall–Kier alpha value is 0.0500. The van der Waals surface area contributed by atoms with Gasteiger partial charge in [0.15, 0.2) is 0 Å². The van der Waals surface area contributed by atoms with Crippen molar-refractivity contribution in [2.45, 2.75) is 4.90 Å². The maximum absolute atomic E-state index is 5.38. The summed E-state index contributed by atoms with van der Waals surface area (Å²) in [6, 6.07) is 2.23. The SMILES string of the molecule is S=S1C=Cc2[pH]c3ccsc3c21. The van der Waals surface area contributed by atoms with Crippen LogP contribution in [0.25, 0.3) is 15.9 Å². The lowest BCUT2D eigenvalue weighted by Crippen LogP contribution is -1.74. The number of fused-ring (bicyclic) bond motifs is 3. The molecule has 0 amide bonds. The maximum atomic E-state index is 5.38. The van der Waals surface area contributed by atoms with Crippen LogP contribution in [0, 0.1) is 0 Å². The van der Waals surface area contributed by atoms with Crippen molar-refractivity contribution in [1.29, 1.82) is 0 Å². The van der Waals surface area contributed by atoms with Gasteiger partial charge in [0, 0.05) is 15.3 Å². The first kappa shape index (κ1) is 7.45. The van der Waals surface area contributed by atoms with Crippen LogP contribution in [0.5, 0.6) is 0 Å². The summed E-state index contributed by atoms with van der Waals surface area (Å²) in [5.74, 6) is 0. The molecule has 2 aromatic rings. The quantitative estimate of drug-likeness (QED) is 0.666. The van der Waals surface area contributed by atoms with Crippen LogP contribution in [-0.4, -0.2) is 0 Å². The van der Waals surface area contributed by atoms with E-state index in [4.69, 9.17) is 11.2 Å². The van der Waals surface area contributed by atoms with E-state index in [0.29, 0.717) is 0 Å². The minimum atomic E-state index is -0.0182. The Bertz CT molecular complexity index is 503. The van der Waals surface area contributed by atoms with Gasteiger partial charge in [-0.3, -0.25) is 0 Å². The molecule has 60 valence electrons. The highest BCUT2D eigenvalue weighted by Crippen LogP contribution is 2.44. The summed E-state index contributed by atoms with van der Waals surface area (Å²) in [5, 5.41) is 7.34. The van der Waals surface area contributed by atoms with Crippen LogP contribution < -0.4 is 0 Å². The highest BCUT2D eigenvalue weighted by molar-refractivity contribution is 8.31. The lowest BCUT2D eigenvalue weighted by atomic mass is 10.4. The standard InChI is InChI=1S/C8H5PS3/c10-12-4-2-6-8(12)7-5(9-6)1-3-11-7/h1-4,9H. The Kier molecular flexibility index (Phi) is 1.56. The number of thiophene rings is 1. The molecule has 0 aliphatic carbocycles. The van der Waals surface area contributed by atoms with Crippen molar-refractivity contribution in [3.63, 3.8) is 0 Å². The number of rotatable bonds is 0. The predicted octanol–water partition coefficient (Wildman–Crippen LogP) is 3.36. The van der Waals surface area contributed by atoms with Crippen molar-refractivity contribution >= 4 is 56.1 Å². The normalized spacial score (nSPS) is 21.2. The Labute approximate surface area is 83.0 Å². The molecular weight excluding hydrogens is 223 g/mol. The van der Waals surface area contributed by atoms with Gasteiger partial charge >= 0.3 is 0 Å². The van der Waals surface area contributed by atoms with Gasteiger partial charge in [-0.15, -0.1) is 19.5 Å². The molecule has 1 aliphatic heterocycles. The van der Waals surface area contributed by atoms with Gasteiger partial charge in [0.2, 0.25) is 0 Å². The van der Waals surface area contributed by atoms with Crippen molar-refractivity contribution in [1.82, 2.24) is 0 Å². The van der Waals surface area contributed by atoms with Gasteiger partial charge in [0.05, 0.1) is 4.70 Å². The second-order valence-electron chi connectivity index (χ2n) is 2.63. The van der Waals surface area contributed by atoms with Crippen LogP contribution in [0.2, 0.25) is 0 Å². The summed E-state index contributed by atoms with van der Waals surface area (Å²) in [5.41, 5.74) is 0. The van der Waals surface area contributed by atoms with Gasteiger partial charge in [-0.2, -0.15) is 0 Å². The van der Waals surface area contributed by atoms with E-state index in [9.17, 15) is 0 Å². The molecule has 3 rings (SSSR count). The minimum Gasteiger partial charge on any atom is -0.142 e. The van der Waals surface area contributed by atoms with E-state index >= 15 is 0 Å². The molecule has 1 aliphatic rings. The third kappa shape index (κ3) is 0.854. The van der Waals surface area contributed by atoms with Gasteiger partial charge in [0.25, 0.3) is 0 Å². The molecule has 0 fully saturated rings. The topological polar surface area (TPSA) is 0 Å². The highest BCUT2D eigenvalue weighted by Gasteiger charge is 2.16. The van der Waals surface area contributed by atoms with Crippen LogP contribution >= 0.6 is 19.5 Å². The first-order valence-corrected chi connectivity index (χ1v) is 7.63. The minimum absolute atomic E-state index is 0.0182. The molecule has 0 N–H and O–H groups in total. The third-order valence-electron chi connectivity index (χ3n) is 1.94. The fourth-order valence-electron chi connectivity index (χ4n) is 1.42. The molecule has 2 aromatic heterocycles. The van der Waals surface area contributed by atoms with Crippen molar-refractivity contribution in [3.05, 3.63) is 22.1 Å². The molecule has 12 heavy (non-hydrogen) atoms. The maximum Gasteiger partial charge on any atom is 0.0531 e. The molecule has 2 atom stereocenters. The Balaban J connectivity index is 2.54. The molecule has 0 aromatic carbocycles. The second kappa shape index (κ2) is 2.52. The zero-order chi connectivity index (χ0) is 8.13. The van der Waals surface area contributed by atoms with E-state index in [1.54, 1.807) is 0 Å². The summed E-state index contributed by atoms with van der Waals surface area (Å²) >= 11 is 7.22. The molecule has 2 unspecified atom stereocenters. The van der Waals surface area contributed by atoms with E-state index in [1.807, 2.05) is 11.3 Å². The van der Waals surface area contributed by atoms with Crippen molar-refractivity contribution in [2.75, 3.05) is 0 Å². The largest absolute Gasteiger partial charge is 0.142 e. The van der Waals surface area contributed by atoms with Crippen LogP contribution in [-0.2, 0) is 20.6 Å². The summed E-state index contributed by atoms with van der Waals surface area (Å²) in [7, 11) is 0.849. The second-order valence-corrected chi connectivity index (χ2v) is 7.23. The van der Waals surface area contributed by atoms with Gasteiger partial charge in [-0.1, -0.05) is 9.45 Å². The lowest BCUT2D eigenvalue weighted by Gasteiger charge is -1.89. The van der Waals surface area contributed by atoms with E-state index in [2.05, 4.69) is 22.9 Å². The highest BCUT2D eigenvalue weighted by atomic mass is 32.8. The summed E-state index contributed by atoms with van der Waals surface area (Å²) in [6.07, 6.45) is 2.22. The fourth-order valence-corrected chi connectivity index (χ4v) is 6.96. The molecule has 0 radical (unpaired) electrons. The van der Waals surface area contributed by atoms with E-state index in [0.717, 1.165) is 8.19 Å². The molecule has 0 bridgehead atoms. The van der Waals surface area contributed by atoms with Crippen molar-refractivity contribution in [2.24, 2.45) is 0 Å². The van der Waals surface area contributed by atoms with Crippen LogP contribution in [0.1, 0.15) is 5.30 Å². The van der Waals surface area contributed by atoms with Crippen LogP contribution in [0.15, 0.2) is 21.7 Å². The van der Waals surface area contributed by atoms with Gasteiger partial charge < -0.3 is 0 Å². The smallest absolute Gasteiger partial charge is 0.0531 e. The summed E-state index contributed by atoms with van der Waals surface area (Å²) < 4.78 is 1.46.